The second-order valence-electron chi connectivity index (χ2n) is 16.5. The lowest BCUT2D eigenvalue weighted by Gasteiger charge is -2.31. The first-order chi connectivity index (χ1) is 27.4. The molecule has 18 nitrogen and oxygen atoms in total. The standard InChI is InChI=1S/C39H48N6O12S/c1-6-22-18-39(22,36(50)43-58(52,53)26-8-9-26)42-32(47)29-16-24(55-33-27-10-7-23(54-5)15-21(27)13-14-40-33)20-45(29)34(48)28(41-37(51)57-38(2,3)4)11-12-31(46)44-19-25-17-30(44)35(49)56-25/h6-7,10,13-15,22,24-26,28-30H,1,8-9,11-12,16-20H2,2-5H3,(H,41,51)(H,42,47)(H,43,50)/t22?,24?,25-,28-,29?,30-,39+/m0/s1. The minimum absolute atomic E-state index is 0.0784. The number of fused-ring (bicyclic) bond motifs is 3. The van der Waals surface area contributed by atoms with Crippen LogP contribution < -0.4 is 24.8 Å². The maximum absolute atomic E-state index is 14.7. The molecule has 1 aromatic heterocycles. The largest absolute Gasteiger partial charge is 0.497 e. The highest BCUT2D eigenvalue weighted by molar-refractivity contribution is 7.91. The van der Waals surface area contributed by atoms with Gasteiger partial charge in [-0.25, -0.2) is 23.0 Å². The minimum Gasteiger partial charge on any atom is -0.497 e. The number of pyridine rings is 1. The molecule has 312 valence electrons. The smallest absolute Gasteiger partial charge is 0.408 e. The highest BCUT2D eigenvalue weighted by Crippen LogP contribution is 2.45. The molecule has 7 atom stereocenters. The number of methoxy groups -OCH3 is 1. The van der Waals surface area contributed by atoms with Crippen LogP contribution in [0.25, 0.3) is 10.8 Å². The zero-order chi connectivity index (χ0) is 41.7. The average Bonchev–Trinajstić information content (AvgIpc) is 4.02. The van der Waals surface area contributed by atoms with E-state index in [1.165, 1.54) is 15.9 Å². The molecule has 2 bridgehead atoms. The number of ether oxygens (including phenoxy) is 4. The normalized spacial score (nSPS) is 26.7. The Morgan fingerprint density at radius 2 is 1.86 bits per heavy atom. The van der Waals surface area contributed by atoms with Crippen molar-refractivity contribution >= 4 is 56.5 Å². The molecule has 1 aromatic carbocycles. The van der Waals surface area contributed by atoms with E-state index in [4.69, 9.17) is 18.9 Å². The average molecular weight is 825 g/mol. The fraction of sp³-hybridized carbons (Fsp3) is 0.564. The molecule has 3 saturated heterocycles. The molecular formula is C39H48N6O12S. The number of likely N-dealkylation sites (tertiary alicyclic amines) is 2. The van der Waals surface area contributed by atoms with E-state index < -0.39 is 98.4 Å². The molecule has 5 aliphatic rings. The van der Waals surface area contributed by atoms with Gasteiger partial charge in [-0.05, 0) is 76.1 Å². The third-order valence-electron chi connectivity index (χ3n) is 11.1. The van der Waals surface area contributed by atoms with Crippen LogP contribution in [-0.2, 0) is 43.5 Å². The van der Waals surface area contributed by atoms with E-state index in [0.29, 0.717) is 30.4 Å². The van der Waals surface area contributed by atoms with Gasteiger partial charge in [-0.3, -0.25) is 23.9 Å². The van der Waals surface area contributed by atoms with Gasteiger partial charge in [-0.15, -0.1) is 6.58 Å². The van der Waals surface area contributed by atoms with Crippen LogP contribution in [0.4, 0.5) is 4.79 Å². The zero-order valence-electron chi connectivity index (χ0n) is 32.7. The van der Waals surface area contributed by atoms with Crippen molar-refractivity contribution in [3.8, 4) is 11.6 Å². The number of nitrogens with zero attached hydrogens (tertiary/aromatic N) is 3. The quantitative estimate of drug-likeness (QED) is 0.181. The van der Waals surface area contributed by atoms with Gasteiger partial charge in [0.1, 0.15) is 47.2 Å². The molecule has 2 saturated carbocycles. The fourth-order valence-electron chi connectivity index (χ4n) is 7.84. The Hall–Kier alpha value is -5.46. The number of sulfonamides is 1. The molecule has 3 N–H and O–H groups in total. The summed E-state index contributed by atoms with van der Waals surface area (Å²) >= 11 is 0. The number of alkyl carbamates (subject to hydrolysis) is 1. The first kappa shape index (κ1) is 40.7. The number of morpholine rings is 1. The van der Waals surface area contributed by atoms with Crippen molar-refractivity contribution < 1.29 is 56.1 Å². The minimum atomic E-state index is -3.96. The first-order valence-electron chi connectivity index (χ1n) is 19.3. The zero-order valence-corrected chi connectivity index (χ0v) is 33.5. The van der Waals surface area contributed by atoms with Crippen LogP contribution in [0, 0.1) is 5.92 Å². The number of nitrogens with one attached hydrogen (secondary N) is 3. The Kier molecular flexibility index (Phi) is 10.8. The number of amides is 5. The van der Waals surface area contributed by atoms with Crippen LogP contribution in [0.5, 0.6) is 11.6 Å². The van der Waals surface area contributed by atoms with Crippen LogP contribution in [0.2, 0.25) is 0 Å². The maximum atomic E-state index is 14.7. The van der Waals surface area contributed by atoms with Crippen LogP contribution in [0.3, 0.4) is 0 Å². The topological polar surface area (TPSA) is 229 Å². The summed E-state index contributed by atoms with van der Waals surface area (Å²) in [6.45, 7) is 8.73. The Morgan fingerprint density at radius 1 is 1.10 bits per heavy atom. The number of esters is 1. The van der Waals surface area contributed by atoms with Gasteiger partial charge in [0.15, 0.2) is 0 Å². The molecule has 19 heteroatoms. The molecule has 0 radical (unpaired) electrons. The predicted molar refractivity (Wildman–Crippen MR) is 204 cm³/mol. The van der Waals surface area contributed by atoms with Gasteiger partial charge in [0, 0.05) is 36.8 Å². The van der Waals surface area contributed by atoms with Crippen molar-refractivity contribution in [2.75, 3.05) is 20.2 Å². The Bertz CT molecular complexity index is 2150. The van der Waals surface area contributed by atoms with Gasteiger partial charge in [-0.2, -0.15) is 0 Å². The van der Waals surface area contributed by atoms with Crippen molar-refractivity contribution in [2.45, 2.75) is 112 Å². The third kappa shape index (κ3) is 8.40. The predicted octanol–water partition coefficient (Wildman–Crippen LogP) is 1.46. The lowest BCUT2D eigenvalue weighted by molar-refractivity contribution is -0.157. The van der Waals surface area contributed by atoms with E-state index in [2.05, 4.69) is 26.9 Å². The third-order valence-corrected chi connectivity index (χ3v) is 12.9. The second-order valence-corrected chi connectivity index (χ2v) is 18.4. The summed E-state index contributed by atoms with van der Waals surface area (Å²) in [5.41, 5.74) is -2.58. The molecule has 7 rings (SSSR count). The van der Waals surface area contributed by atoms with Gasteiger partial charge in [0.05, 0.1) is 25.4 Å². The Labute approximate surface area is 335 Å². The van der Waals surface area contributed by atoms with Gasteiger partial charge < -0.3 is 39.4 Å². The number of benzene rings is 1. The van der Waals surface area contributed by atoms with Gasteiger partial charge in [0.25, 0.3) is 5.91 Å². The van der Waals surface area contributed by atoms with Crippen molar-refractivity contribution in [1.82, 2.24) is 30.1 Å². The molecule has 58 heavy (non-hydrogen) atoms. The number of carbonyl (C=O) groups is 6. The van der Waals surface area contributed by atoms with Crippen LogP contribution in [0.1, 0.15) is 65.7 Å². The van der Waals surface area contributed by atoms with Crippen molar-refractivity contribution in [3.63, 3.8) is 0 Å². The lowest BCUT2D eigenvalue weighted by atomic mass is 10.1. The summed E-state index contributed by atoms with van der Waals surface area (Å²) in [6, 6.07) is 3.69. The number of rotatable bonds is 14. The fourth-order valence-corrected chi connectivity index (χ4v) is 9.21. The molecule has 3 aliphatic heterocycles. The summed E-state index contributed by atoms with van der Waals surface area (Å²) < 4.78 is 50.0. The maximum Gasteiger partial charge on any atom is 0.408 e. The molecule has 4 heterocycles. The van der Waals surface area contributed by atoms with Gasteiger partial charge >= 0.3 is 12.1 Å². The van der Waals surface area contributed by atoms with E-state index in [-0.39, 0.29) is 44.7 Å². The summed E-state index contributed by atoms with van der Waals surface area (Å²) in [5, 5.41) is 6.02. The number of hydrogen-bond donors (Lipinski definition) is 3. The monoisotopic (exact) mass is 824 g/mol. The molecule has 3 unspecified atom stereocenters. The first-order valence-corrected chi connectivity index (χ1v) is 20.9. The molecule has 2 aromatic rings. The second kappa shape index (κ2) is 15.4. The molecule has 5 fully saturated rings. The van der Waals surface area contributed by atoms with Gasteiger partial charge in [-0.1, -0.05) is 6.08 Å². The molecular weight excluding hydrogens is 777 g/mol. The van der Waals surface area contributed by atoms with Crippen molar-refractivity contribution in [2.24, 2.45) is 5.92 Å². The van der Waals surface area contributed by atoms with Crippen LogP contribution >= 0.6 is 0 Å². The van der Waals surface area contributed by atoms with Crippen molar-refractivity contribution in [3.05, 3.63) is 43.1 Å². The highest BCUT2D eigenvalue weighted by Gasteiger charge is 2.62. The van der Waals surface area contributed by atoms with E-state index in [1.54, 1.807) is 58.3 Å². The SMILES string of the molecule is C=CC1C[C@]1(NC(=O)C1CC(Oc2nccc3cc(OC)ccc23)CN1C(=O)[C@H](CCC(=O)N1C[C@@H]2C[C@H]1C(=O)O2)NC(=O)OC(C)(C)C)C(=O)NS(=O)(=O)C1CC1. The van der Waals surface area contributed by atoms with Crippen molar-refractivity contribution in [1.29, 1.82) is 0 Å². The molecule has 5 amide bonds. The number of aromatic nitrogens is 1. The number of carbonyl (C=O) groups excluding carboxylic acids is 6. The summed E-state index contributed by atoms with van der Waals surface area (Å²) in [7, 11) is -2.42. The highest BCUT2D eigenvalue weighted by atomic mass is 32.2. The summed E-state index contributed by atoms with van der Waals surface area (Å²) in [4.78, 5) is 88.4. The van der Waals surface area contributed by atoms with E-state index in [1.807, 2.05) is 0 Å². The Morgan fingerprint density at radius 3 is 2.50 bits per heavy atom. The van der Waals surface area contributed by atoms with Crippen LogP contribution in [0.15, 0.2) is 43.1 Å². The summed E-state index contributed by atoms with van der Waals surface area (Å²) in [6.07, 6.45) is 1.59. The Balaban J connectivity index is 1.16. The van der Waals surface area contributed by atoms with E-state index in [0.717, 1.165) is 5.39 Å². The number of hydrogen-bond acceptors (Lipinski definition) is 13. The molecule has 2 aliphatic carbocycles. The lowest BCUT2D eigenvalue weighted by Crippen LogP contribution is -2.58. The molecule has 0 spiro atoms. The van der Waals surface area contributed by atoms with E-state index >= 15 is 0 Å². The van der Waals surface area contributed by atoms with Crippen LogP contribution in [-0.4, -0.2) is 126 Å². The van der Waals surface area contributed by atoms with Gasteiger partial charge in [0.2, 0.25) is 33.6 Å². The van der Waals surface area contributed by atoms with E-state index in [9.17, 15) is 37.2 Å². The summed E-state index contributed by atoms with van der Waals surface area (Å²) in [5.74, 6) is -3.08.